The van der Waals surface area contributed by atoms with Gasteiger partial charge in [-0.1, -0.05) is 37.5 Å². The van der Waals surface area contributed by atoms with Gasteiger partial charge in [0.1, 0.15) is 16.9 Å². The van der Waals surface area contributed by atoms with Crippen molar-refractivity contribution in [1.82, 2.24) is 4.98 Å². The van der Waals surface area contributed by atoms with Crippen LogP contribution in [-0.4, -0.2) is 19.2 Å². The lowest BCUT2D eigenvalue weighted by molar-refractivity contribution is 0.391. The first kappa shape index (κ1) is 23.3. The topological polar surface area (TPSA) is 82.9 Å². The molecule has 0 unspecified atom stereocenters. The highest BCUT2D eigenvalue weighted by molar-refractivity contribution is 7.99. The van der Waals surface area contributed by atoms with E-state index >= 15 is 0 Å². The molecule has 0 radical (unpaired) electrons. The quantitative estimate of drug-likeness (QED) is 0.404. The molecule has 5 nitrogen and oxygen atoms in total. The molecule has 1 heterocycles. The summed E-state index contributed by atoms with van der Waals surface area (Å²) >= 11 is 1.53. The van der Waals surface area contributed by atoms with E-state index in [2.05, 4.69) is 10.8 Å². The van der Waals surface area contributed by atoms with Gasteiger partial charge in [0.05, 0.1) is 21.8 Å². The molecule has 33 heavy (non-hydrogen) atoms. The minimum absolute atomic E-state index is 0.101. The van der Waals surface area contributed by atoms with Crippen LogP contribution in [0, 0.1) is 23.1 Å². The van der Waals surface area contributed by atoms with Crippen LogP contribution < -0.4 is 4.72 Å². The van der Waals surface area contributed by atoms with Crippen molar-refractivity contribution in [2.75, 3.05) is 10.5 Å². The Morgan fingerprint density at radius 1 is 1.06 bits per heavy atom. The molecule has 1 aliphatic rings. The van der Waals surface area contributed by atoms with E-state index in [0.29, 0.717) is 27.8 Å². The minimum atomic E-state index is -3.90. The molecule has 2 aromatic carbocycles. The van der Waals surface area contributed by atoms with Crippen LogP contribution in [0.2, 0.25) is 0 Å². The first-order valence-corrected chi connectivity index (χ1v) is 13.3. The molecule has 8 heteroatoms. The van der Waals surface area contributed by atoms with E-state index in [9.17, 15) is 18.1 Å². The maximum Gasteiger partial charge on any atom is 0.261 e. The number of hydrogen-bond acceptors (Lipinski definition) is 5. The Hall–Kier alpha value is -2.89. The number of aromatic nitrogens is 1. The molecule has 1 fully saturated rings. The van der Waals surface area contributed by atoms with Gasteiger partial charge in [0, 0.05) is 11.3 Å². The van der Waals surface area contributed by atoms with E-state index in [0.717, 1.165) is 5.75 Å². The molecule has 3 aromatic rings. The Balaban J connectivity index is 1.73. The molecule has 0 aliphatic heterocycles. The lowest BCUT2D eigenvalue weighted by Crippen LogP contribution is -2.14. The summed E-state index contributed by atoms with van der Waals surface area (Å²) in [5.41, 5.74) is 1.42. The van der Waals surface area contributed by atoms with Gasteiger partial charge in [0.25, 0.3) is 10.0 Å². The molecule has 1 saturated carbocycles. The zero-order valence-corrected chi connectivity index (χ0v) is 19.6. The minimum Gasteiger partial charge on any atom is -0.277 e. The third kappa shape index (κ3) is 5.73. The van der Waals surface area contributed by atoms with E-state index in [1.165, 1.54) is 74.2 Å². The van der Waals surface area contributed by atoms with Crippen LogP contribution in [0.4, 0.5) is 10.1 Å². The second-order valence-corrected chi connectivity index (χ2v) is 10.8. The van der Waals surface area contributed by atoms with Crippen molar-refractivity contribution in [3.05, 3.63) is 72.0 Å². The summed E-state index contributed by atoms with van der Waals surface area (Å²) in [5.74, 6) is 1.05. The lowest BCUT2D eigenvalue weighted by Gasteiger charge is -2.21. The largest absolute Gasteiger partial charge is 0.277 e. The van der Waals surface area contributed by atoms with Gasteiger partial charge < -0.3 is 0 Å². The summed E-state index contributed by atoms with van der Waals surface area (Å²) in [4.78, 5) is 4.80. The van der Waals surface area contributed by atoms with Gasteiger partial charge >= 0.3 is 0 Å². The smallest absolute Gasteiger partial charge is 0.261 e. The van der Waals surface area contributed by atoms with Crippen molar-refractivity contribution in [3.8, 4) is 17.3 Å². The number of sulfonamides is 1. The molecule has 0 atom stereocenters. The SMILES string of the molecule is N#Cc1cc(NS(=O)(=O)c2ccccc2)c(-c2ccc(F)cc2)nc1SCC1CCCCC1. The summed E-state index contributed by atoms with van der Waals surface area (Å²) in [6.45, 7) is 0. The highest BCUT2D eigenvalue weighted by Crippen LogP contribution is 2.36. The summed E-state index contributed by atoms with van der Waals surface area (Å²) < 4.78 is 42.1. The standard InChI is InChI=1S/C25H24FN3O2S2/c26-21-13-11-19(12-14-21)24-23(29-33(30,31)22-9-5-2-6-10-22)15-20(16-27)25(28-24)32-17-18-7-3-1-4-8-18/h2,5-6,9-15,18,29H,1,3-4,7-8,17H2. The predicted octanol–water partition coefficient (Wildman–Crippen LogP) is 6.23. The number of nitriles is 1. The van der Waals surface area contributed by atoms with Gasteiger partial charge in [-0.15, -0.1) is 11.8 Å². The fraction of sp³-hybridized carbons (Fsp3) is 0.280. The van der Waals surface area contributed by atoms with Gasteiger partial charge in [-0.2, -0.15) is 5.26 Å². The number of nitrogens with one attached hydrogen (secondary N) is 1. The average Bonchev–Trinajstić information content (AvgIpc) is 2.84. The van der Waals surface area contributed by atoms with Gasteiger partial charge in [-0.3, -0.25) is 4.72 Å². The molecule has 4 rings (SSSR count). The Labute approximate surface area is 198 Å². The van der Waals surface area contributed by atoms with E-state index in [1.807, 2.05) is 0 Å². The molecule has 0 bridgehead atoms. The number of rotatable bonds is 7. The molecule has 1 aliphatic carbocycles. The maximum absolute atomic E-state index is 13.5. The summed E-state index contributed by atoms with van der Waals surface area (Å²) in [6.07, 6.45) is 6.08. The number of halogens is 1. The van der Waals surface area contributed by atoms with Crippen LogP contribution in [-0.2, 0) is 10.0 Å². The number of pyridine rings is 1. The van der Waals surface area contributed by atoms with E-state index in [-0.39, 0.29) is 10.6 Å². The second kappa shape index (κ2) is 10.4. The van der Waals surface area contributed by atoms with Crippen LogP contribution in [0.1, 0.15) is 37.7 Å². The van der Waals surface area contributed by atoms with Crippen LogP contribution in [0.3, 0.4) is 0 Å². The van der Waals surface area contributed by atoms with Crippen molar-refractivity contribution < 1.29 is 12.8 Å². The summed E-state index contributed by atoms with van der Waals surface area (Å²) in [6, 6.07) is 17.4. The third-order valence-electron chi connectivity index (χ3n) is 5.70. The number of nitrogens with zero attached hydrogens (tertiary/aromatic N) is 2. The average molecular weight is 482 g/mol. The van der Waals surface area contributed by atoms with Crippen LogP contribution in [0.5, 0.6) is 0 Å². The molecular formula is C25H24FN3O2S2. The highest BCUT2D eigenvalue weighted by Gasteiger charge is 2.21. The fourth-order valence-corrected chi connectivity index (χ4v) is 6.17. The lowest BCUT2D eigenvalue weighted by atomic mass is 9.91. The fourth-order valence-electron chi connectivity index (χ4n) is 3.95. The number of thioether (sulfide) groups is 1. The molecule has 1 N–H and O–H groups in total. The van der Waals surface area contributed by atoms with Crippen molar-refractivity contribution >= 4 is 27.5 Å². The van der Waals surface area contributed by atoms with E-state index in [1.54, 1.807) is 30.3 Å². The van der Waals surface area contributed by atoms with Gasteiger partial charge in [-0.25, -0.2) is 17.8 Å². The Morgan fingerprint density at radius 3 is 2.42 bits per heavy atom. The van der Waals surface area contributed by atoms with Crippen molar-refractivity contribution in [2.24, 2.45) is 5.92 Å². The van der Waals surface area contributed by atoms with Crippen LogP contribution >= 0.6 is 11.8 Å². The number of anilines is 1. The predicted molar refractivity (Wildman–Crippen MR) is 129 cm³/mol. The van der Waals surface area contributed by atoms with Crippen molar-refractivity contribution in [2.45, 2.75) is 42.0 Å². The van der Waals surface area contributed by atoms with Crippen LogP contribution in [0.25, 0.3) is 11.3 Å². The molecule has 0 amide bonds. The zero-order chi connectivity index (χ0) is 23.3. The Bertz CT molecular complexity index is 1250. The molecule has 0 saturated heterocycles. The first-order valence-electron chi connectivity index (χ1n) is 10.9. The normalized spacial score (nSPS) is 14.5. The number of benzene rings is 2. The van der Waals surface area contributed by atoms with E-state index in [4.69, 9.17) is 4.98 Å². The second-order valence-electron chi connectivity index (χ2n) is 8.09. The van der Waals surface area contributed by atoms with Gasteiger partial charge in [-0.05, 0) is 61.2 Å². The Morgan fingerprint density at radius 2 is 1.76 bits per heavy atom. The molecular weight excluding hydrogens is 457 g/mol. The van der Waals surface area contributed by atoms with Crippen molar-refractivity contribution in [1.29, 1.82) is 5.26 Å². The van der Waals surface area contributed by atoms with Gasteiger partial charge in [0.15, 0.2) is 0 Å². The maximum atomic E-state index is 13.5. The van der Waals surface area contributed by atoms with Crippen molar-refractivity contribution in [3.63, 3.8) is 0 Å². The molecule has 170 valence electrons. The first-order chi connectivity index (χ1) is 16.0. The summed E-state index contributed by atoms with van der Waals surface area (Å²) in [7, 11) is -3.90. The molecule has 1 aromatic heterocycles. The Kier molecular flexibility index (Phi) is 7.31. The van der Waals surface area contributed by atoms with Crippen LogP contribution in [0.15, 0.2) is 70.6 Å². The molecule has 0 spiro atoms. The highest BCUT2D eigenvalue weighted by atomic mass is 32.2. The third-order valence-corrected chi connectivity index (χ3v) is 8.31. The monoisotopic (exact) mass is 481 g/mol. The van der Waals surface area contributed by atoms with E-state index < -0.39 is 15.8 Å². The van der Waals surface area contributed by atoms with Gasteiger partial charge in [0.2, 0.25) is 0 Å². The summed E-state index contributed by atoms with van der Waals surface area (Å²) in [5, 5.41) is 10.3. The zero-order valence-electron chi connectivity index (χ0n) is 18.0. The number of hydrogen-bond donors (Lipinski definition) is 1.